The largest absolute Gasteiger partial charge is 0.396 e. The molecule has 0 saturated carbocycles. The number of aliphatic hydroxyl groups excluding tert-OH is 1. The number of carbonyl (C=O) groups excluding carboxylic acids is 1. The lowest BCUT2D eigenvalue weighted by atomic mass is 9.96. The monoisotopic (exact) mass is 394 g/mol. The molecule has 28 heavy (non-hydrogen) atoms. The minimum absolute atomic E-state index is 0.0316. The molecule has 0 fully saturated rings. The number of amides is 1. The fraction of sp³-hybridized carbons (Fsp3) is 0.217. The summed E-state index contributed by atoms with van der Waals surface area (Å²) in [4.78, 5) is 16.9. The van der Waals surface area contributed by atoms with Crippen molar-refractivity contribution in [1.82, 2.24) is 10.3 Å². The molecule has 0 radical (unpaired) electrons. The summed E-state index contributed by atoms with van der Waals surface area (Å²) in [5.41, 5.74) is 6.47. The topological polar surface area (TPSA) is 62.2 Å². The summed E-state index contributed by atoms with van der Waals surface area (Å²) in [7, 11) is 0. The third-order valence-electron chi connectivity index (χ3n) is 4.66. The molecule has 0 aliphatic carbocycles. The summed E-state index contributed by atoms with van der Waals surface area (Å²) in [6, 6.07) is 13.4. The molecular weight excluding hydrogens is 372 g/mol. The average Bonchev–Trinajstić information content (AvgIpc) is 2.69. The van der Waals surface area contributed by atoms with Crippen LogP contribution in [0.5, 0.6) is 0 Å². The van der Waals surface area contributed by atoms with Gasteiger partial charge in [-0.3, -0.25) is 9.78 Å². The van der Waals surface area contributed by atoms with E-state index in [2.05, 4.69) is 10.3 Å². The first-order valence-electron chi connectivity index (χ1n) is 9.17. The predicted octanol–water partition coefficient (Wildman–Crippen LogP) is 4.48. The highest BCUT2D eigenvalue weighted by atomic mass is 35.5. The van der Waals surface area contributed by atoms with Gasteiger partial charge in [-0.15, -0.1) is 0 Å². The number of hydrogen-bond acceptors (Lipinski definition) is 3. The Balaban J connectivity index is 1.86. The normalized spacial score (nSPS) is 10.7. The van der Waals surface area contributed by atoms with E-state index in [1.807, 2.05) is 56.3 Å². The lowest BCUT2D eigenvalue weighted by molar-refractivity contribution is 0.0950. The van der Waals surface area contributed by atoms with Crippen LogP contribution in [0.3, 0.4) is 0 Å². The van der Waals surface area contributed by atoms with Crippen molar-refractivity contribution in [2.24, 2.45) is 0 Å². The van der Waals surface area contributed by atoms with Gasteiger partial charge in [-0.05, 0) is 77.9 Å². The second-order valence-corrected chi connectivity index (χ2v) is 7.26. The highest BCUT2D eigenvalue weighted by Crippen LogP contribution is 2.25. The van der Waals surface area contributed by atoms with Crippen molar-refractivity contribution in [2.45, 2.75) is 26.8 Å². The van der Waals surface area contributed by atoms with Crippen molar-refractivity contribution in [1.29, 1.82) is 0 Å². The number of benzene rings is 2. The number of carbonyl (C=O) groups is 1. The third kappa shape index (κ3) is 4.77. The van der Waals surface area contributed by atoms with Gasteiger partial charge in [-0.2, -0.15) is 0 Å². The average molecular weight is 395 g/mol. The summed E-state index contributed by atoms with van der Waals surface area (Å²) in [5, 5.41) is 13.0. The zero-order valence-corrected chi connectivity index (χ0v) is 16.8. The number of halogens is 1. The van der Waals surface area contributed by atoms with Crippen LogP contribution < -0.4 is 5.32 Å². The molecule has 0 saturated heterocycles. The first-order chi connectivity index (χ1) is 13.5. The van der Waals surface area contributed by atoms with Crippen LogP contribution in [0.4, 0.5) is 0 Å². The van der Waals surface area contributed by atoms with Crippen LogP contribution in [0, 0.1) is 13.8 Å². The number of aryl methyl sites for hydroxylation is 2. The van der Waals surface area contributed by atoms with Crippen LogP contribution in [0.25, 0.3) is 11.1 Å². The smallest absolute Gasteiger partial charge is 0.251 e. The Labute approximate surface area is 170 Å². The van der Waals surface area contributed by atoms with Gasteiger partial charge in [0.1, 0.15) is 0 Å². The number of hydrogen-bond donors (Lipinski definition) is 2. The molecule has 3 aromatic rings. The van der Waals surface area contributed by atoms with Gasteiger partial charge in [-0.25, -0.2) is 0 Å². The molecule has 1 aromatic heterocycles. The summed E-state index contributed by atoms with van der Waals surface area (Å²) in [5.74, 6) is -0.152. The van der Waals surface area contributed by atoms with Crippen LogP contribution in [0.2, 0.25) is 5.02 Å². The van der Waals surface area contributed by atoms with Crippen molar-refractivity contribution in [3.63, 3.8) is 0 Å². The van der Waals surface area contributed by atoms with Crippen LogP contribution >= 0.6 is 11.6 Å². The van der Waals surface area contributed by atoms with E-state index >= 15 is 0 Å². The Morgan fingerprint density at radius 2 is 1.89 bits per heavy atom. The Morgan fingerprint density at radius 3 is 2.61 bits per heavy atom. The quantitative estimate of drug-likeness (QED) is 0.647. The van der Waals surface area contributed by atoms with E-state index < -0.39 is 0 Å². The number of aromatic nitrogens is 1. The SMILES string of the molecule is Cc1cc(CNC(=O)c2cc(CCO)cc(-c3ccncc3C)c2)ccc1Cl. The molecule has 144 valence electrons. The van der Waals surface area contributed by atoms with Gasteiger partial charge >= 0.3 is 0 Å². The number of nitrogens with zero attached hydrogens (tertiary/aromatic N) is 1. The zero-order chi connectivity index (χ0) is 20.1. The molecule has 0 spiro atoms. The standard InChI is InChI=1S/C23H23ClN2O2/c1-15-9-18(3-4-22(15)24)14-26-23(28)20-11-17(6-8-27)10-19(12-20)21-5-7-25-13-16(21)2/h3-5,7,9-13,27H,6,8,14H2,1-2H3,(H,26,28). The summed E-state index contributed by atoms with van der Waals surface area (Å²) in [6.45, 7) is 4.38. The van der Waals surface area contributed by atoms with Crippen molar-refractivity contribution >= 4 is 17.5 Å². The second kappa shape index (κ2) is 9.00. The summed E-state index contributed by atoms with van der Waals surface area (Å²) >= 11 is 6.06. The maximum atomic E-state index is 12.8. The Kier molecular flexibility index (Phi) is 6.45. The molecule has 5 heteroatoms. The third-order valence-corrected chi connectivity index (χ3v) is 5.09. The van der Waals surface area contributed by atoms with Gasteiger partial charge in [0.25, 0.3) is 5.91 Å². The number of rotatable bonds is 6. The Morgan fingerprint density at radius 1 is 1.07 bits per heavy atom. The zero-order valence-electron chi connectivity index (χ0n) is 16.0. The Bertz CT molecular complexity index is 1000. The molecule has 2 aromatic carbocycles. The van der Waals surface area contributed by atoms with Gasteiger partial charge in [0.05, 0.1) is 0 Å². The molecule has 1 amide bonds. The highest BCUT2D eigenvalue weighted by Gasteiger charge is 2.11. The molecule has 0 aliphatic heterocycles. The molecule has 0 aliphatic rings. The van der Waals surface area contributed by atoms with Crippen LogP contribution in [0.1, 0.15) is 32.6 Å². The second-order valence-electron chi connectivity index (χ2n) is 6.85. The number of pyridine rings is 1. The maximum absolute atomic E-state index is 12.8. The van der Waals surface area contributed by atoms with Crippen molar-refractivity contribution < 1.29 is 9.90 Å². The van der Waals surface area contributed by atoms with E-state index in [1.54, 1.807) is 12.4 Å². The van der Waals surface area contributed by atoms with Crippen molar-refractivity contribution in [3.05, 3.63) is 87.7 Å². The van der Waals surface area contributed by atoms with E-state index in [4.69, 9.17) is 11.6 Å². The van der Waals surface area contributed by atoms with Gasteiger partial charge in [0.2, 0.25) is 0 Å². The molecule has 0 unspecified atom stereocenters. The van der Waals surface area contributed by atoms with Crippen molar-refractivity contribution in [3.8, 4) is 11.1 Å². The van der Waals surface area contributed by atoms with E-state index in [0.717, 1.165) is 33.4 Å². The lowest BCUT2D eigenvalue weighted by Crippen LogP contribution is -2.23. The minimum atomic E-state index is -0.152. The minimum Gasteiger partial charge on any atom is -0.396 e. The van der Waals surface area contributed by atoms with Crippen LogP contribution in [0.15, 0.2) is 54.9 Å². The molecule has 1 heterocycles. The lowest BCUT2D eigenvalue weighted by Gasteiger charge is -2.12. The van der Waals surface area contributed by atoms with E-state index in [9.17, 15) is 9.90 Å². The number of nitrogens with one attached hydrogen (secondary N) is 1. The predicted molar refractivity (Wildman–Crippen MR) is 113 cm³/mol. The highest BCUT2D eigenvalue weighted by molar-refractivity contribution is 6.31. The van der Waals surface area contributed by atoms with Crippen molar-refractivity contribution in [2.75, 3.05) is 6.61 Å². The van der Waals surface area contributed by atoms with Crippen LogP contribution in [-0.2, 0) is 13.0 Å². The van der Waals surface area contributed by atoms with Crippen LogP contribution in [-0.4, -0.2) is 22.6 Å². The molecule has 3 rings (SSSR count). The van der Waals surface area contributed by atoms with E-state index in [-0.39, 0.29) is 12.5 Å². The Hall–Kier alpha value is -2.69. The first kappa shape index (κ1) is 20.1. The molecular formula is C23H23ClN2O2. The van der Waals surface area contributed by atoms with E-state index in [1.165, 1.54) is 0 Å². The first-order valence-corrected chi connectivity index (χ1v) is 9.55. The maximum Gasteiger partial charge on any atom is 0.251 e. The molecule has 2 N–H and O–H groups in total. The summed E-state index contributed by atoms with van der Waals surface area (Å²) in [6.07, 6.45) is 4.04. The fourth-order valence-electron chi connectivity index (χ4n) is 3.15. The number of aliphatic hydroxyl groups is 1. The van der Waals surface area contributed by atoms with Gasteiger partial charge < -0.3 is 10.4 Å². The van der Waals surface area contributed by atoms with Gasteiger partial charge in [0.15, 0.2) is 0 Å². The summed E-state index contributed by atoms with van der Waals surface area (Å²) < 4.78 is 0. The molecule has 4 nitrogen and oxygen atoms in total. The molecule has 0 atom stereocenters. The van der Waals surface area contributed by atoms with Gasteiger partial charge in [0, 0.05) is 36.1 Å². The van der Waals surface area contributed by atoms with E-state index in [0.29, 0.717) is 23.6 Å². The van der Waals surface area contributed by atoms with Gasteiger partial charge in [-0.1, -0.05) is 29.8 Å². The fourth-order valence-corrected chi connectivity index (χ4v) is 3.27. The molecule has 0 bridgehead atoms.